The molecule has 0 saturated carbocycles. The Morgan fingerprint density at radius 3 is 2.77 bits per heavy atom. The maximum atomic E-state index is 13.2. The number of hydrogen-bond donors (Lipinski definition) is 0. The second kappa shape index (κ2) is 7.59. The number of hydrazone groups is 1. The number of aromatic nitrogens is 3. The summed E-state index contributed by atoms with van der Waals surface area (Å²) >= 11 is 0. The molecule has 4 aromatic rings. The lowest BCUT2D eigenvalue weighted by atomic mass is 10.1. The van der Waals surface area contributed by atoms with Gasteiger partial charge in [-0.2, -0.15) is 5.10 Å². The Kier molecular flexibility index (Phi) is 4.63. The molecule has 0 N–H and O–H groups in total. The van der Waals surface area contributed by atoms with Gasteiger partial charge in [-0.05, 0) is 61.7 Å². The number of rotatable bonds is 4. The summed E-state index contributed by atoms with van der Waals surface area (Å²) < 4.78 is 20.7. The Hall–Kier alpha value is -3.74. The van der Waals surface area contributed by atoms with Gasteiger partial charge in [-0.15, -0.1) is 0 Å². The maximum Gasteiger partial charge on any atom is 0.191 e. The molecule has 0 radical (unpaired) electrons. The van der Waals surface area contributed by atoms with Gasteiger partial charge in [0.15, 0.2) is 5.58 Å². The predicted molar refractivity (Wildman–Crippen MR) is 115 cm³/mol. The Morgan fingerprint density at radius 1 is 1.10 bits per heavy atom. The predicted octanol–water partition coefficient (Wildman–Crippen LogP) is 5.13. The Balaban J connectivity index is 1.44. The molecule has 1 aliphatic heterocycles. The van der Waals surface area contributed by atoms with Gasteiger partial charge in [0.05, 0.1) is 40.7 Å². The van der Waals surface area contributed by atoms with Gasteiger partial charge in [-0.25, -0.2) is 9.37 Å². The second-order valence-corrected chi connectivity index (χ2v) is 7.29. The normalized spacial score (nSPS) is 14.6. The molecule has 2 aromatic heterocycles. The molecule has 0 spiro atoms. The van der Waals surface area contributed by atoms with Crippen LogP contribution in [0.1, 0.15) is 24.1 Å². The SMILES string of the molecule is Cc1cn(-c2ccc(/C=C/C3=NN(c4ccc(F)cc4)CCC3)c3cnoc23)cn1. The highest BCUT2D eigenvalue weighted by Crippen LogP contribution is 2.27. The van der Waals surface area contributed by atoms with Crippen LogP contribution in [0.2, 0.25) is 0 Å². The largest absolute Gasteiger partial charge is 0.354 e. The molecule has 0 amide bonds. The molecule has 1 aliphatic rings. The average Bonchev–Trinajstić information content (AvgIpc) is 3.42. The first kappa shape index (κ1) is 18.3. The van der Waals surface area contributed by atoms with Crippen molar-refractivity contribution in [1.82, 2.24) is 14.7 Å². The summed E-state index contributed by atoms with van der Waals surface area (Å²) in [7, 11) is 0. The first-order chi connectivity index (χ1) is 14.7. The fraction of sp³-hybridized carbons (Fsp3) is 0.174. The first-order valence-electron chi connectivity index (χ1n) is 9.84. The van der Waals surface area contributed by atoms with Crippen LogP contribution in [0.3, 0.4) is 0 Å². The summed E-state index contributed by atoms with van der Waals surface area (Å²) in [5, 5.41) is 11.6. The van der Waals surface area contributed by atoms with Crippen LogP contribution < -0.4 is 5.01 Å². The zero-order chi connectivity index (χ0) is 20.5. The fourth-order valence-electron chi connectivity index (χ4n) is 3.63. The highest BCUT2D eigenvalue weighted by molar-refractivity contribution is 6.01. The maximum absolute atomic E-state index is 13.2. The number of benzene rings is 2. The van der Waals surface area contributed by atoms with Crippen LogP contribution in [-0.4, -0.2) is 27.0 Å². The molecular weight excluding hydrogens is 381 g/mol. The molecule has 0 unspecified atom stereocenters. The highest BCUT2D eigenvalue weighted by Gasteiger charge is 2.14. The Bertz CT molecular complexity index is 1250. The van der Waals surface area contributed by atoms with Crippen molar-refractivity contribution in [2.24, 2.45) is 5.10 Å². The van der Waals surface area contributed by atoms with Gasteiger partial charge < -0.3 is 9.09 Å². The quantitative estimate of drug-likeness (QED) is 0.476. The summed E-state index contributed by atoms with van der Waals surface area (Å²) in [5.41, 5.74) is 5.43. The van der Waals surface area contributed by atoms with Crippen molar-refractivity contribution >= 4 is 28.4 Å². The zero-order valence-electron chi connectivity index (χ0n) is 16.5. The number of anilines is 1. The van der Waals surface area contributed by atoms with Crippen LogP contribution in [0, 0.1) is 12.7 Å². The van der Waals surface area contributed by atoms with Crippen LogP contribution in [0.15, 0.2) is 70.8 Å². The van der Waals surface area contributed by atoms with Crippen molar-refractivity contribution in [3.8, 4) is 5.69 Å². The fourth-order valence-corrected chi connectivity index (χ4v) is 3.63. The Morgan fingerprint density at radius 2 is 1.97 bits per heavy atom. The summed E-state index contributed by atoms with van der Waals surface area (Å²) in [6.45, 7) is 2.77. The third kappa shape index (κ3) is 3.50. The van der Waals surface area contributed by atoms with Gasteiger partial charge >= 0.3 is 0 Å². The monoisotopic (exact) mass is 401 g/mol. The molecule has 0 atom stereocenters. The van der Waals surface area contributed by atoms with Crippen molar-refractivity contribution in [1.29, 1.82) is 0 Å². The molecular formula is C23H20FN5O. The van der Waals surface area contributed by atoms with E-state index in [0.29, 0.717) is 5.58 Å². The number of hydrogen-bond acceptors (Lipinski definition) is 5. The number of halogens is 1. The molecule has 0 bridgehead atoms. The van der Waals surface area contributed by atoms with Crippen molar-refractivity contribution in [2.45, 2.75) is 19.8 Å². The van der Waals surface area contributed by atoms with Crippen molar-refractivity contribution in [3.63, 3.8) is 0 Å². The van der Waals surface area contributed by atoms with E-state index in [1.54, 1.807) is 24.7 Å². The molecule has 3 heterocycles. The highest BCUT2D eigenvalue weighted by atomic mass is 19.1. The van der Waals surface area contributed by atoms with Gasteiger partial charge in [0.25, 0.3) is 0 Å². The van der Waals surface area contributed by atoms with Gasteiger partial charge in [0.1, 0.15) is 5.82 Å². The van der Waals surface area contributed by atoms with E-state index in [1.807, 2.05) is 47.0 Å². The van der Waals surface area contributed by atoms with Crippen LogP contribution >= 0.6 is 0 Å². The molecule has 150 valence electrons. The van der Waals surface area contributed by atoms with Crippen LogP contribution in [-0.2, 0) is 0 Å². The molecule has 7 heteroatoms. The van der Waals surface area contributed by atoms with E-state index in [2.05, 4.69) is 10.1 Å². The van der Waals surface area contributed by atoms with Gasteiger partial charge in [-0.3, -0.25) is 5.01 Å². The molecule has 0 fully saturated rings. The summed E-state index contributed by atoms with van der Waals surface area (Å²) in [5.74, 6) is -0.244. The van der Waals surface area contributed by atoms with E-state index in [4.69, 9.17) is 9.62 Å². The lowest BCUT2D eigenvalue weighted by Crippen LogP contribution is -2.24. The standard InChI is InChI=1S/C23H20FN5O/c1-16-14-28(15-25-16)22-11-5-17(21-13-26-30-23(21)22)4-8-19-3-2-12-29(27-19)20-9-6-18(24)7-10-20/h4-11,13-15H,2-3,12H2,1H3/b8-4+. The molecule has 5 rings (SSSR count). The van der Waals surface area contributed by atoms with Crippen molar-refractivity contribution in [2.75, 3.05) is 11.6 Å². The second-order valence-electron chi connectivity index (χ2n) is 7.29. The van der Waals surface area contributed by atoms with Crippen LogP contribution in [0.5, 0.6) is 0 Å². The third-order valence-corrected chi connectivity index (χ3v) is 5.16. The Labute approximate surface area is 172 Å². The number of nitrogens with zero attached hydrogens (tertiary/aromatic N) is 5. The third-order valence-electron chi connectivity index (χ3n) is 5.16. The number of fused-ring (bicyclic) bond motifs is 1. The van der Waals surface area contributed by atoms with Gasteiger partial charge in [0.2, 0.25) is 0 Å². The topological polar surface area (TPSA) is 59.5 Å². The van der Waals surface area contributed by atoms with Crippen molar-refractivity contribution in [3.05, 3.63) is 78.3 Å². The average molecular weight is 401 g/mol. The van der Waals surface area contributed by atoms with E-state index in [0.717, 1.165) is 53.1 Å². The summed E-state index contributed by atoms with van der Waals surface area (Å²) in [6, 6.07) is 10.5. The number of allylic oxidation sites excluding steroid dienone is 1. The van der Waals surface area contributed by atoms with E-state index in [1.165, 1.54) is 12.1 Å². The zero-order valence-corrected chi connectivity index (χ0v) is 16.5. The molecule has 0 saturated heterocycles. The number of imidazole rings is 1. The minimum atomic E-state index is -0.244. The minimum absolute atomic E-state index is 0.244. The minimum Gasteiger partial charge on any atom is -0.354 e. The lowest BCUT2D eigenvalue weighted by molar-refractivity contribution is 0.455. The first-order valence-corrected chi connectivity index (χ1v) is 9.84. The van der Waals surface area contributed by atoms with E-state index in [9.17, 15) is 4.39 Å². The van der Waals surface area contributed by atoms with Crippen LogP contribution in [0.25, 0.3) is 22.7 Å². The van der Waals surface area contributed by atoms with Crippen molar-refractivity contribution < 1.29 is 8.91 Å². The lowest BCUT2D eigenvalue weighted by Gasteiger charge is -2.24. The van der Waals surface area contributed by atoms with E-state index < -0.39 is 0 Å². The van der Waals surface area contributed by atoms with Gasteiger partial charge in [0, 0.05) is 12.7 Å². The molecule has 2 aromatic carbocycles. The van der Waals surface area contributed by atoms with E-state index >= 15 is 0 Å². The van der Waals surface area contributed by atoms with Gasteiger partial charge in [-0.1, -0.05) is 17.3 Å². The molecule has 30 heavy (non-hydrogen) atoms. The number of aryl methyl sites for hydroxylation is 1. The smallest absolute Gasteiger partial charge is 0.191 e. The molecule has 6 nitrogen and oxygen atoms in total. The summed E-state index contributed by atoms with van der Waals surface area (Å²) in [6.07, 6.45) is 11.4. The summed E-state index contributed by atoms with van der Waals surface area (Å²) in [4.78, 5) is 4.29. The van der Waals surface area contributed by atoms with Crippen LogP contribution in [0.4, 0.5) is 10.1 Å². The molecule has 0 aliphatic carbocycles. The van der Waals surface area contributed by atoms with E-state index in [-0.39, 0.29) is 5.82 Å².